The molecule has 1 aliphatic carbocycles. The van der Waals surface area contributed by atoms with Gasteiger partial charge in [0.25, 0.3) is 5.91 Å². The van der Waals surface area contributed by atoms with Crippen LogP contribution in [0.25, 0.3) is 0 Å². The van der Waals surface area contributed by atoms with Crippen molar-refractivity contribution < 1.29 is 14.6 Å². The molecule has 2 N–H and O–H groups in total. The van der Waals surface area contributed by atoms with Crippen LogP contribution in [-0.2, 0) is 0 Å². The predicted molar refractivity (Wildman–Crippen MR) is 93.4 cm³/mol. The van der Waals surface area contributed by atoms with Crippen LogP contribution < -0.4 is 10.1 Å². The molecule has 1 aromatic heterocycles. The number of hydrogen-bond acceptors (Lipinski definition) is 5. The van der Waals surface area contributed by atoms with Crippen LogP contribution in [0.3, 0.4) is 0 Å². The van der Waals surface area contributed by atoms with E-state index in [1.165, 1.54) is 11.8 Å². The molecule has 3 atom stereocenters. The van der Waals surface area contributed by atoms with E-state index in [1.807, 2.05) is 31.2 Å². The molecule has 0 radical (unpaired) electrons. The molecule has 6 nitrogen and oxygen atoms in total. The molecule has 25 heavy (non-hydrogen) atoms. The molecular formula is C19H23N3O3. The van der Waals surface area contributed by atoms with Crippen molar-refractivity contribution in [2.24, 2.45) is 5.92 Å². The van der Waals surface area contributed by atoms with Gasteiger partial charge in [0.15, 0.2) is 0 Å². The van der Waals surface area contributed by atoms with Crippen LogP contribution in [0.1, 0.15) is 34.6 Å². The fourth-order valence-electron chi connectivity index (χ4n) is 3.10. The van der Waals surface area contributed by atoms with E-state index in [9.17, 15) is 9.90 Å². The van der Waals surface area contributed by atoms with Crippen LogP contribution in [0.4, 0.5) is 0 Å². The smallest absolute Gasteiger partial charge is 0.271 e. The molecule has 1 aliphatic rings. The van der Waals surface area contributed by atoms with Gasteiger partial charge in [-0.2, -0.15) is 0 Å². The van der Waals surface area contributed by atoms with Crippen LogP contribution in [0.15, 0.2) is 36.7 Å². The van der Waals surface area contributed by atoms with Gasteiger partial charge in [0, 0.05) is 24.9 Å². The maximum atomic E-state index is 12.2. The van der Waals surface area contributed by atoms with Crippen molar-refractivity contribution in [2.45, 2.75) is 38.9 Å². The lowest BCUT2D eigenvalue weighted by atomic mass is 10.1. The Labute approximate surface area is 147 Å². The van der Waals surface area contributed by atoms with Gasteiger partial charge in [0.1, 0.15) is 17.5 Å². The van der Waals surface area contributed by atoms with Gasteiger partial charge >= 0.3 is 0 Å². The molecule has 0 aliphatic heterocycles. The zero-order valence-electron chi connectivity index (χ0n) is 14.5. The first kappa shape index (κ1) is 17.4. The minimum Gasteiger partial charge on any atom is -0.488 e. The highest BCUT2D eigenvalue weighted by atomic mass is 16.5. The molecule has 1 saturated carbocycles. The summed E-state index contributed by atoms with van der Waals surface area (Å²) in [5.74, 6) is 0.464. The average molecular weight is 341 g/mol. The second-order valence-electron chi connectivity index (χ2n) is 6.50. The molecule has 2 aromatic rings. The summed E-state index contributed by atoms with van der Waals surface area (Å²) in [5, 5.41) is 13.3. The van der Waals surface area contributed by atoms with Gasteiger partial charge in [-0.05, 0) is 38.8 Å². The summed E-state index contributed by atoms with van der Waals surface area (Å²) in [6, 6.07) is 7.79. The summed E-state index contributed by atoms with van der Waals surface area (Å²) >= 11 is 0. The van der Waals surface area contributed by atoms with Gasteiger partial charge in [0.05, 0.1) is 11.8 Å². The number of rotatable bonds is 5. The molecule has 0 unspecified atom stereocenters. The Bertz CT molecular complexity index is 733. The topological polar surface area (TPSA) is 84.3 Å². The third kappa shape index (κ3) is 4.14. The van der Waals surface area contributed by atoms with Crippen molar-refractivity contribution in [3.8, 4) is 5.75 Å². The number of nitrogens with zero attached hydrogens (tertiary/aromatic N) is 2. The Morgan fingerprint density at radius 2 is 1.92 bits per heavy atom. The van der Waals surface area contributed by atoms with E-state index in [-0.39, 0.29) is 17.9 Å². The fraction of sp³-hybridized carbons (Fsp3) is 0.421. The molecular weight excluding hydrogens is 318 g/mol. The van der Waals surface area contributed by atoms with Gasteiger partial charge in [-0.15, -0.1) is 0 Å². The van der Waals surface area contributed by atoms with Gasteiger partial charge in [-0.25, -0.2) is 4.98 Å². The summed E-state index contributed by atoms with van der Waals surface area (Å²) in [7, 11) is 0. The highest BCUT2D eigenvalue weighted by molar-refractivity contribution is 5.93. The number of aliphatic hydroxyl groups excluding tert-OH is 1. The number of carbonyl (C=O) groups excluding carboxylic acids is 1. The van der Waals surface area contributed by atoms with E-state index >= 15 is 0 Å². The summed E-state index contributed by atoms with van der Waals surface area (Å²) in [6.07, 6.45) is 3.77. The molecule has 1 heterocycles. The molecule has 3 rings (SSSR count). The monoisotopic (exact) mass is 341 g/mol. The zero-order chi connectivity index (χ0) is 17.8. The summed E-state index contributed by atoms with van der Waals surface area (Å²) in [4.78, 5) is 20.3. The van der Waals surface area contributed by atoms with E-state index in [1.54, 1.807) is 13.1 Å². The molecule has 132 valence electrons. The second-order valence-corrected chi connectivity index (χ2v) is 6.50. The number of aliphatic hydroxyl groups is 1. The van der Waals surface area contributed by atoms with Crippen LogP contribution in [0, 0.1) is 19.8 Å². The lowest BCUT2D eigenvalue weighted by Gasteiger charge is -2.21. The largest absolute Gasteiger partial charge is 0.488 e. The number of benzene rings is 1. The average Bonchev–Trinajstić information content (AvgIpc) is 2.95. The molecule has 0 bridgehead atoms. The van der Waals surface area contributed by atoms with Crippen LogP contribution in [0.2, 0.25) is 0 Å². The van der Waals surface area contributed by atoms with Gasteiger partial charge < -0.3 is 15.2 Å². The minimum atomic E-state index is -0.607. The lowest BCUT2D eigenvalue weighted by Crippen LogP contribution is -2.37. The normalized spacial score (nSPS) is 22.6. The number of aryl methyl sites for hydroxylation is 2. The highest BCUT2D eigenvalue weighted by Crippen LogP contribution is 2.29. The Hall–Kier alpha value is -2.47. The van der Waals surface area contributed by atoms with Gasteiger partial charge in [0.2, 0.25) is 0 Å². The number of nitrogens with one attached hydrogen (secondary N) is 1. The van der Waals surface area contributed by atoms with Crippen LogP contribution in [-0.4, -0.2) is 39.7 Å². The van der Waals surface area contributed by atoms with Crippen LogP contribution >= 0.6 is 0 Å². The van der Waals surface area contributed by atoms with Crippen molar-refractivity contribution in [2.75, 3.05) is 6.54 Å². The van der Waals surface area contributed by atoms with E-state index in [2.05, 4.69) is 15.3 Å². The van der Waals surface area contributed by atoms with Crippen molar-refractivity contribution in [1.82, 2.24) is 15.3 Å². The first-order chi connectivity index (χ1) is 12.0. The Morgan fingerprint density at radius 3 is 2.64 bits per heavy atom. The lowest BCUT2D eigenvalue weighted by molar-refractivity contribution is 0.0348. The van der Waals surface area contributed by atoms with E-state index < -0.39 is 6.10 Å². The number of amides is 1. The summed E-state index contributed by atoms with van der Waals surface area (Å²) in [5.41, 5.74) is 2.08. The minimum absolute atomic E-state index is 0.0311. The van der Waals surface area contributed by atoms with Crippen LogP contribution in [0.5, 0.6) is 5.75 Å². The fourth-order valence-corrected chi connectivity index (χ4v) is 3.10. The number of hydrogen-bond donors (Lipinski definition) is 2. The van der Waals surface area contributed by atoms with E-state index in [0.29, 0.717) is 17.9 Å². The second kappa shape index (κ2) is 7.61. The predicted octanol–water partition coefficient (Wildman–Crippen LogP) is 2.04. The van der Waals surface area contributed by atoms with Gasteiger partial charge in [-0.1, -0.05) is 17.7 Å². The maximum absolute atomic E-state index is 12.2. The first-order valence-corrected chi connectivity index (χ1v) is 8.52. The molecule has 1 fully saturated rings. The van der Waals surface area contributed by atoms with Crippen molar-refractivity contribution in [3.05, 3.63) is 53.6 Å². The number of carbonyl (C=O) groups is 1. The highest BCUT2D eigenvalue weighted by Gasteiger charge is 2.36. The SMILES string of the molecule is Cc1ccc(O[C@@H]2CC[C@H](CNC(=O)c3nccnc3C)[C@H]2O)cc1. The molecule has 1 aromatic carbocycles. The molecule has 0 saturated heterocycles. The Balaban J connectivity index is 1.53. The number of ether oxygens (including phenoxy) is 1. The quantitative estimate of drug-likeness (QED) is 0.869. The summed E-state index contributed by atoms with van der Waals surface area (Å²) < 4.78 is 5.90. The number of aromatic nitrogens is 2. The zero-order valence-corrected chi connectivity index (χ0v) is 14.5. The third-order valence-corrected chi connectivity index (χ3v) is 4.62. The standard InChI is InChI=1S/C19H23N3O3/c1-12-3-6-15(7-4-12)25-16-8-5-14(18(16)23)11-22-19(24)17-13(2)20-9-10-21-17/h3-4,6-7,9-10,14,16,18,23H,5,8,11H2,1-2H3,(H,22,24)/t14-,16-,18-/m1/s1. The molecule has 1 amide bonds. The van der Waals surface area contributed by atoms with Crippen molar-refractivity contribution in [3.63, 3.8) is 0 Å². The third-order valence-electron chi connectivity index (χ3n) is 4.62. The first-order valence-electron chi connectivity index (χ1n) is 8.52. The van der Waals surface area contributed by atoms with E-state index in [4.69, 9.17) is 4.74 Å². The van der Waals surface area contributed by atoms with E-state index in [0.717, 1.165) is 18.6 Å². The Morgan fingerprint density at radius 1 is 1.20 bits per heavy atom. The molecule has 6 heteroatoms. The van der Waals surface area contributed by atoms with Crippen molar-refractivity contribution >= 4 is 5.91 Å². The Kier molecular flexibility index (Phi) is 5.28. The van der Waals surface area contributed by atoms with Crippen molar-refractivity contribution in [1.29, 1.82) is 0 Å². The molecule has 0 spiro atoms. The van der Waals surface area contributed by atoms with Gasteiger partial charge in [-0.3, -0.25) is 9.78 Å². The maximum Gasteiger partial charge on any atom is 0.271 e. The summed E-state index contributed by atoms with van der Waals surface area (Å²) in [6.45, 7) is 4.16.